The van der Waals surface area contributed by atoms with Crippen LogP contribution >= 0.6 is 0 Å². The van der Waals surface area contributed by atoms with Crippen molar-refractivity contribution in [1.82, 2.24) is 0 Å². The van der Waals surface area contributed by atoms with Gasteiger partial charge in [0.2, 0.25) is 0 Å². The fourth-order valence-electron chi connectivity index (χ4n) is 2.06. The second-order valence-electron chi connectivity index (χ2n) is 4.77. The minimum Gasteiger partial charge on any atom is -0.330 e. The van der Waals surface area contributed by atoms with Crippen LogP contribution in [-0.2, 0) is 0 Å². The zero-order chi connectivity index (χ0) is 11.4. The van der Waals surface area contributed by atoms with Crippen molar-refractivity contribution in [3.8, 4) is 0 Å². The van der Waals surface area contributed by atoms with Gasteiger partial charge in [-0.05, 0) is 18.9 Å². The van der Waals surface area contributed by atoms with Crippen LogP contribution in [0.2, 0.25) is 0 Å². The van der Waals surface area contributed by atoms with E-state index in [2.05, 4.69) is 13.8 Å². The molecular formula is C14H31N. The predicted molar refractivity (Wildman–Crippen MR) is 70.1 cm³/mol. The number of rotatable bonds is 11. The molecule has 0 heterocycles. The van der Waals surface area contributed by atoms with Crippen molar-refractivity contribution in [2.45, 2.75) is 78.1 Å². The molecule has 1 atom stereocenters. The van der Waals surface area contributed by atoms with Gasteiger partial charge in [-0.1, -0.05) is 71.6 Å². The first-order valence-corrected chi connectivity index (χ1v) is 7.05. The van der Waals surface area contributed by atoms with Crippen LogP contribution in [0.15, 0.2) is 0 Å². The van der Waals surface area contributed by atoms with Crippen LogP contribution in [0.25, 0.3) is 0 Å². The molecule has 2 N–H and O–H groups in total. The number of nitrogens with two attached hydrogens (primary N) is 1. The van der Waals surface area contributed by atoms with E-state index in [0.717, 1.165) is 12.5 Å². The molecule has 0 spiro atoms. The third-order valence-electron chi connectivity index (χ3n) is 3.38. The highest BCUT2D eigenvalue weighted by atomic mass is 14.5. The Bertz CT molecular complexity index is 108. The summed E-state index contributed by atoms with van der Waals surface area (Å²) in [6.45, 7) is 5.41. The first-order valence-electron chi connectivity index (χ1n) is 7.05. The van der Waals surface area contributed by atoms with Gasteiger partial charge in [0.15, 0.2) is 0 Å². The van der Waals surface area contributed by atoms with Crippen molar-refractivity contribution in [3.63, 3.8) is 0 Å². The summed E-state index contributed by atoms with van der Waals surface area (Å²) in [4.78, 5) is 0. The maximum absolute atomic E-state index is 5.68. The zero-order valence-electron chi connectivity index (χ0n) is 10.9. The molecule has 0 aromatic carbocycles. The van der Waals surface area contributed by atoms with E-state index in [1.165, 1.54) is 64.2 Å². The lowest BCUT2D eigenvalue weighted by Crippen LogP contribution is -2.13. The van der Waals surface area contributed by atoms with Crippen LogP contribution in [0, 0.1) is 5.92 Å². The summed E-state index contributed by atoms with van der Waals surface area (Å²) in [6.07, 6.45) is 14.0. The smallest absolute Gasteiger partial charge is 0.00490 e. The van der Waals surface area contributed by atoms with Gasteiger partial charge >= 0.3 is 0 Å². The van der Waals surface area contributed by atoms with Crippen molar-refractivity contribution in [2.24, 2.45) is 11.7 Å². The van der Waals surface area contributed by atoms with Gasteiger partial charge in [-0.3, -0.25) is 0 Å². The minimum atomic E-state index is 0.782. The van der Waals surface area contributed by atoms with E-state index in [1.54, 1.807) is 0 Å². The predicted octanol–water partition coefficient (Wildman–Crippen LogP) is 4.50. The standard InChI is InChI=1S/C14H31N/c1-3-5-6-7-8-9-10-11-12-14(4-2)13-15/h14H,3-13,15H2,1-2H3. The first-order chi connectivity index (χ1) is 7.35. The van der Waals surface area contributed by atoms with Crippen molar-refractivity contribution < 1.29 is 0 Å². The molecule has 0 aliphatic heterocycles. The molecular weight excluding hydrogens is 182 g/mol. The summed E-state index contributed by atoms with van der Waals surface area (Å²) in [5.74, 6) is 0.782. The third kappa shape index (κ3) is 10.2. The van der Waals surface area contributed by atoms with E-state index in [-0.39, 0.29) is 0 Å². The lowest BCUT2D eigenvalue weighted by atomic mass is 9.98. The largest absolute Gasteiger partial charge is 0.330 e. The quantitative estimate of drug-likeness (QED) is 0.502. The lowest BCUT2D eigenvalue weighted by Gasteiger charge is -2.11. The van der Waals surface area contributed by atoms with E-state index in [1.807, 2.05) is 0 Å². The van der Waals surface area contributed by atoms with Crippen molar-refractivity contribution in [3.05, 3.63) is 0 Å². The van der Waals surface area contributed by atoms with Crippen molar-refractivity contribution >= 4 is 0 Å². The Balaban J connectivity index is 3.04. The van der Waals surface area contributed by atoms with Crippen molar-refractivity contribution in [2.75, 3.05) is 6.54 Å². The van der Waals surface area contributed by atoms with Gasteiger partial charge in [0.05, 0.1) is 0 Å². The molecule has 1 heteroatoms. The molecule has 1 nitrogen and oxygen atoms in total. The molecule has 0 saturated carbocycles. The molecule has 0 rings (SSSR count). The molecule has 15 heavy (non-hydrogen) atoms. The normalized spacial score (nSPS) is 13.0. The third-order valence-corrected chi connectivity index (χ3v) is 3.38. The van der Waals surface area contributed by atoms with Gasteiger partial charge in [-0.15, -0.1) is 0 Å². The fourth-order valence-corrected chi connectivity index (χ4v) is 2.06. The van der Waals surface area contributed by atoms with Crippen LogP contribution < -0.4 is 5.73 Å². The summed E-state index contributed by atoms with van der Waals surface area (Å²) in [5, 5.41) is 0. The Hall–Kier alpha value is -0.0400. The Kier molecular flexibility index (Phi) is 12.0. The van der Waals surface area contributed by atoms with Gasteiger partial charge in [0, 0.05) is 0 Å². The molecule has 0 aromatic heterocycles. The molecule has 1 unspecified atom stereocenters. The molecule has 0 fully saturated rings. The first kappa shape index (κ1) is 15.0. The summed E-state index contributed by atoms with van der Waals surface area (Å²) >= 11 is 0. The van der Waals surface area contributed by atoms with Gasteiger partial charge < -0.3 is 5.73 Å². The monoisotopic (exact) mass is 213 g/mol. The molecule has 0 bridgehead atoms. The van der Waals surface area contributed by atoms with Crippen LogP contribution in [0.4, 0.5) is 0 Å². The summed E-state index contributed by atoms with van der Waals surface area (Å²) in [7, 11) is 0. The SMILES string of the molecule is CCCCCCCCCCC(CC)CN. The van der Waals surface area contributed by atoms with Crippen LogP contribution in [0.1, 0.15) is 78.1 Å². The number of hydrogen-bond donors (Lipinski definition) is 1. The Morgan fingerprint density at radius 3 is 1.80 bits per heavy atom. The second kappa shape index (κ2) is 12.0. The Morgan fingerprint density at radius 1 is 0.800 bits per heavy atom. The number of unbranched alkanes of at least 4 members (excludes halogenated alkanes) is 7. The molecule has 92 valence electrons. The number of hydrogen-bond acceptors (Lipinski definition) is 1. The lowest BCUT2D eigenvalue weighted by molar-refractivity contribution is 0.446. The topological polar surface area (TPSA) is 26.0 Å². The van der Waals surface area contributed by atoms with Gasteiger partial charge in [-0.25, -0.2) is 0 Å². The van der Waals surface area contributed by atoms with Gasteiger partial charge in [0.1, 0.15) is 0 Å². The minimum absolute atomic E-state index is 0.782. The molecule has 0 aromatic rings. The fraction of sp³-hybridized carbons (Fsp3) is 1.00. The average molecular weight is 213 g/mol. The molecule has 0 amide bonds. The van der Waals surface area contributed by atoms with E-state index < -0.39 is 0 Å². The van der Waals surface area contributed by atoms with E-state index >= 15 is 0 Å². The second-order valence-corrected chi connectivity index (χ2v) is 4.77. The average Bonchev–Trinajstić information content (AvgIpc) is 2.27. The Labute approximate surface area is 96.8 Å². The maximum atomic E-state index is 5.68. The van der Waals surface area contributed by atoms with Crippen LogP contribution in [0.5, 0.6) is 0 Å². The maximum Gasteiger partial charge on any atom is -0.00490 e. The highest BCUT2D eigenvalue weighted by Crippen LogP contribution is 2.14. The molecule has 0 radical (unpaired) electrons. The summed E-state index contributed by atoms with van der Waals surface area (Å²) in [5.41, 5.74) is 5.68. The van der Waals surface area contributed by atoms with E-state index in [0.29, 0.717) is 0 Å². The molecule has 0 aliphatic carbocycles. The molecule has 0 saturated heterocycles. The van der Waals surface area contributed by atoms with Crippen molar-refractivity contribution in [1.29, 1.82) is 0 Å². The summed E-state index contributed by atoms with van der Waals surface area (Å²) in [6, 6.07) is 0. The highest BCUT2D eigenvalue weighted by molar-refractivity contribution is 4.57. The van der Waals surface area contributed by atoms with Gasteiger partial charge in [-0.2, -0.15) is 0 Å². The van der Waals surface area contributed by atoms with Crippen LogP contribution in [0.3, 0.4) is 0 Å². The Morgan fingerprint density at radius 2 is 1.33 bits per heavy atom. The zero-order valence-corrected chi connectivity index (χ0v) is 10.9. The van der Waals surface area contributed by atoms with E-state index in [4.69, 9.17) is 5.73 Å². The summed E-state index contributed by atoms with van der Waals surface area (Å²) < 4.78 is 0. The van der Waals surface area contributed by atoms with E-state index in [9.17, 15) is 0 Å². The van der Waals surface area contributed by atoms with Gasteiger partial charge in [0.25, 0.3) is 0 Å². The van der Waals surface area contributed by atoms with Crippen LogP contribution in [-0.4, -0.2) is 6.54 Å². The highest BCUT2D eigenvalue weighted by Gasteiger charge is 2.02. The molecule has 0 aliphatic rings.